The molecule has 0 bridgehead atoms. The molecule has 214 valence electrons. The fraction of sp³-hybridized carbons (Fsp3) is 0.357. The number of fused-ring (bicyclic) bond motifs is 1. The zero-order chi connectivity index (χ0) is 29.1. The van der Waals surface area contributed by atoms with Crippen molar-refractivity contribution < 1.29 is 29.4 Å². The van der Waals surface area contributed by atoms with Gasteiger partial charge in [-0.15, -0.1) is 0 Å². The largest absolute Gasteiger partial charge is 0.480 e. The van der Waals surface area contributed by atoms with Crippen molar-refractivity contribution in [3.05, 3.63) is 71.9 Å². The number of hydrogen-bond acceptors (Lipinski definition) is 7. The Hall–Kier alpha value is -3.87. The van der Waals surface area contributed by atoms with Gasteiger partial charge in [0.15, 0.2) is 0 Å². The summed E-state index contributed by atoms with van der Waals surface area (Å²) in [5, 5.41) is 27.8. The molecule has 0 aliphatic rings. The summed E-state index contributed by atoms with van der Waals surface area (Å²) in [5.74, 6) is -2.68. The average molecular weight is 570 g/mol. The number of carboxylic acid groups (broad SMARTS) is 1. The number of carbonyl (C=O) groups is 4. The summed E-state index contributed by atoms with van der Waals surface area (Å²) >= 11 is 1.47. The van der Waals surface area contributed by atoms with E-state index in [-0.39, 0.29) is 19.3 Å². The van der Waals surface area contributed by atoms with Crippen molar-refractivity contribution in [3.63, 3.8) is 0 Å². The highest BCUT2D eigenvalue weighted by Gasteiger charge is 2.30. The molecule has 0 fully saturated rings. The zero-order valence-corrected chi connectivity index (χ0v) is 22.9. The van der Waals surface area contributed by atoms with Gasteiger partial charge < -0.3 is 36.9 Å². The highest BCUT2D eigenvalue weighted by Crippen LogP contribution is 2.19. The van der Waals surface area contributed by atoms with Crippen molar-refractivity contribution in [1.82, 2.24) is 20.9 Å². The smallest absolute Gasteiger partial charge is 0.326 e. The monoisotopic (exact) mass is 569 g/mol. The fourth-order valence-corrected chi connectivity index (χ4v) is 4.66. The SMILES string of the molecule is CSCCC(NC(=O)C(Cc1ccccc1)NC(=O)C(N)CO)C(=O)NC(Cc1c[nH]c2ccccc12)C(=O)O. The van der Waals surface area contributed by atoms with E-state index in [1.165, 1.54) is 11.8 Å². The molecule has 1 heterocycles. The van der Waals surface area contributed by atoms with Crippen molar-refractivity contribution in [2.45, 2.75) is 43.4 Å². The van der Waals surface area contributed by atoms with E-state index in [4.69, 9.17) is 5.73 Å². The lowest BCUT2D eigenvalue weighted by Crippen LogP contribution is -2.58. The number of aromatic nitrogens is 1. The lowest BCUT2D eigenvalue weighted by molar-refractivity contribution is -0.142. The number of hydrogen-bond donors (Lipinski definition) is 7. The molecular formula is C28H35N5O6S. The highest BCUT2D eigenvalue weighted by atomic mass is 32.2. The number of aliphatic hydroxyl groups is 1. The number of nitrogens with one attached hydrogen (secondary N) is 4. The van der Waals surface area contributed by atoms with E-state index in [2.05, 4.69) is 20.9 Å². The molecule has 1 aromatic heterocycles. The first-order valence-electron chi connectivity index (χ1n) is 12.8. The molecule has 0 aliphatic heterocycles. The van der Waals surface area contributed by atoms with Gasteiger partial charge in [0.05, 0.1) is 6.61 Å². The van der Waals surface area contributed by atoms with Gasteiger partial charge in [0, 0.05) is 29.9 Å². The van der Waals surface area contributed by atoms with Gasteiger partial charge in [-0.05, 0) is 35.6 Å². The molecule has 3 amide bonds. The molecule has 40 heavy (non-hydrogen) atoms. The summed E-state index contributed by atoms with van der Waals surface area (Å²) in [7, 11) is 0. The van der Waals surface area contributed by atoms with E-state index in [0.717, 1.165) is 22.0 Å². The van der Waals surface area contributed by atoms with Crippen LogP contribution in [0.2, 0.25) is 0 Å². The third-order valence-corrected chi connectivity index (χ3v) is 7.05. The number of carbonyl (C=O) groups excluding carboxylic acids is 3. The van der Waals surface area contributed by atoms with Crippen LogP contribution < -0.4 is 21.7 Å². The van der Waals surface area contributed by atoms with Crippen LogP contribution in [0.4, 0.5) is 0 Å². The van der Waals surface area contributed by atoms with E-state index in [9.17, 15) is 29.4 Å². The Labute approximate surface area is 236 Å². The molecule has 0 saturated heterocycles. The predicted molar refractivity (Wildman–Crippen MR) is 154 cm³/mol. The first-order valence-corrected chi connectivity index (χ1v) is 14.2. The number of aliphatic hydroxyl groups excluding tert-OH is 1. The van der Waals surface area contributed by atoms with Crippen molar-refractivity contribution >= 4 is 46.4 Å². The fourth-order valence-electron chi connectivity index (χ4n) is 4.19. The van der Waals surface area contributed by atoms with Crippen LogP contribution in [0.15, 0.2) is 60.8 Å². The molecule has 4 unspecified atom stereocenters. The quantitative estimate of drug-likeness (QED) is 0.138. The number of amides is 3. The van der Waals surface area contributed by atoms with Crippen LogP contribution >= 0.6 is 11.8 Å². The number of para-hydroxylation sites is 1. The van der Waals surface area contributed by atoms with Crippen molar-refractivity contribution in [2.75, 3.05) is 18.6 Å². The topological polar surface area (TPSA) is 187 Å². The minimum atomic E-state index is -1.23. The average Bonchev–Trinajstić information content (AvgIpc) is 3.37. The number of rotatable bonds is 15. The molecule has 3 aromatic rings. The van der Waals surface area contributed by atoms with Gasteiger partial charge in [-0.3, -0.25) is 14.4 Å². The van der Waals surface area contributed by atoms with Crippen LogP contribution in [-0.2, 0) is 32.0 Å². The number of nitrogens with two attached hydrogens (primary N) is 1. The maximum atomic E-state index is 13.4. The molecule has 8 N–H and O–H groups in total. The summed E-state index contributed by atoms with van der Waals surface area (Å²) in [6.07, 6.45) is 3.96. The van der Waals surface area contributed by atoms with Crippen LogP contribution in [0, 0.1) is 0 Å². The first kappa shape index (κ1) is 30.7. The number of aliphatic carboxylic acids is 1. The first-order chi connectivity index (χ1) is 19.2. The van der Waals surface area contributed by atoms with Gasteiger partial charge in [-0.25, -0.2) is 4.79 Å². The van der Waals surface area contributed by atoms with Gasteiger partial charge in [0.25, 0.3) is 0 Å². The van der Waals surface area contributed by atoms with Crippen LogP contribution in [0.5, 0.6) is 0 Å². The van der Waals surface area contributed by atoms with Crippen LogP contribution in [0.3, 0.4) is 0 Å². The molecule has 0 saturated carbocycles. The Kier molecular flexibility index (Phi) is 11.5. The summed E-state index contributed by atoms with van der Waals surface area (Å²) in [6, 6.07) is 11.8. The predicted octanol–water partition coefficient (Wildman–Crippen LogP) is 0.565. The third-order valence-electron chi connectivity index (χ3n) is 6.41. The van der Waals surface area contributed by atoms with Crippen LogP contribution in [-0.4, -0.2) is 81.7 Å². The van der Waals surface area contributed by atoms with E-state index in [1.54, 1.807) is 30.5 Å². The molecule has 0 spiro atoms. The molecular weight excluding hydrogens is 534 g/mol. The second-order valence-corrected chi connectivity index (χ2v) is 10.3. The van der Waals surface area contributed by atoms with Gasteiger partial charge in [0.1, 0.15) is 24.2 Å². The third kappa shape index (κ3) is 8.57. The summed E-state index contributed by atoms with van der Waals surface area (Å²) in [5.41, 5.74) is 7.98. The van der Waals surface area contributed by atoms with Crippen molar-refractivity contribution in [1.29, 1.82) is 0 Å². The maximum absolute atomic E-state index is 13.4. The molecule has 3 rings (SSSR count). The summed E-state index contributed by atoms with van der Waals surface area (Å²) in [6.45, 7) is -0.600. The Morgan fingerprint density at radius 3 is 2.17 bits per heavy atom. The number of thioether (sulfide) groups is 1. The van der Waals surface area contributed by atoms with E-state index in [0.29, 0.717) is 5.75 Å². The van der Waals surface area contributed by atoms with Gasteiger partial charge in [-0.2, -0.15) is 11.8 Å². The Morgan fingerprint density at radius 2 is 1.50 bits per heavy atom. The standard InChI is InChI=1S/C28H35N5O6S/c1-40-12-11-22(26(36)33-24(28(38)39)14-18-15-30-21-10-6-5-9-19(18)21)31-27(37)23(32-25(35)20(29)16-34)13-17-7-3-2-4-8-17/h2-10,15,20,22-24,30,34H,11-14,16,29H2,1H3,(H,31,37)(H,32,35)(H,33,36)(H,38,39). The number of aromatic amines is 1. The number of benzene rings is 2. The maximum Gasteiger partial charge on any atom is 0.326 e. The number of carboxylic acids is 1. The Balaban J connectivity index is 1.76. The molecule has 0 aliphatic carbocycles. The summed E-state index contributed by atoms with van der Waals surface area (Å²) < 4.78 is 0. The molecule has 11 nitrogen and oxygen atoms in total. The van der Waals surface area contributed by atoms with Crippen molar-refractivity contribution in [2.24, 2.45) is 5.73 Å². The highest BCUT2D eigenvalue weighted by molar-refractivity contribution is 7.98. The normalized spacial score (nSPS) is 14.1. The van der Waals surface area contributed by atoms with Gasteiger partial charge >= 0.3 is 5.97 Å². The molecule has 0 radical (unpaired) electrons. The lowest BCUT2D eigenvalue weighted by Gasteiger charge is -2.25. The van der Waals surface area contributed by atoms with Crippen molar-refractivity contribution in [3.8, 4) is 0 Å². The number of H-pyrrole nitrogens is 1. The van der Waals surface area contributed by atoms with E-state index >= 15 is 0 Å². The van der Waals surface area contributed by atoms with E-state index in [1.807, 2.05) is 36.6 Å². The van der Waals surface area contributed by atoms with E-state index < -0.39 is 54.5 Å². The van der Waals surface area contributed by atoms with Crippen LogP contribution in [0.1, 0.15) is 17.5 Å². The summed E-state index contributed by atoms with van der Waals surface area (Å²) in [4.78, 5) is 54.3. The minimum Gasteiger partial charge on any atom is -0.480 e. The van der Waals surface area contributed by atoms with Gasteiger partial charge in [-0.1, -0.05) is 48.5 Å². The molecule has 2 aromatic carbocycles. The molecule has 4 atom stereocenters. The van der Waals surface area contributed by atoms with Crippen LogP contribution in [0.25, 0.3) is 10.9 Å². The lowest BCUT2D eigenvalue weighted by atomic mass is 10.0. The minimum absolute atomic E-state index is 0.0417. The van der Waals surface area contributed by atoms with Gasteiger partial charge in [0.2, 0.25) is 17.7 Å². The Bertz CT molecular complexity index is 1300. The zero-order valence-electron chi connectivity index (χ0n) is 22.1. The second kappa shape index (κ2) is 15.1. The Morgan fingerprint density at radius 1 is 0.875 bits per heavy atom. The second-order valence-electron chi connectivity index (χ2n) is 9.35. The molecule has 12 heteroatoms.